The maximum atomic E-state index is 13.3. The Morgan fingerprint density at radius 2 is 1.87 bits per heavy atom. The molecule has 2 heterocycles. The summed E-state index contributed by atoms with van der Waals surface area (Å²) >= 11 is 10.1. The van der Waals surface area contributed by atoms with Gasteiger partial charge in [0.05, 0.1) is 0 Å². The number of ketones is 1. The van der Waals surface area contributed by atoms with Crippen LogP contribution < -0.4 is 5.11 Å². The number of aliphatic imine (C=N–C) groups is 1. The van der Waals surface area contributed by atoms with E-state index in [1.807, 2.05) is 6.92 Å². The van der Waals surface area contributed by atoms with Crippen LogP contribution in [0.15, 0.2) is 47.5 Å². The maximum Gasteiger partial charge on any atom is 0.137 e. The Labute approximate surface area is 252 Å². The number of piperidine rings is 1. The van der Waals surface area contributed by atoms with E-state index in [1.54, 1.807) is 0 Å². The zero-order chi connectivity index (χ0) is 25.5. The van der Waals surface area contributed by atoms with Crippen LogP contribution in [0, 0.1) is 5.92 Å². The van der Waals surface area contributed by atoms with Gasteiger partial charge in [-0.25, -0.2) is 0 Å². The van der Waals surface area contributed by atoms with E-state index in [-0.39, 0.29) is 43.6 Å². The molecule has 1 unspecified atom stereocenters. The molecule has 2 fully saturated rings. The molecule has 4 atom stereocenters. The van der Waals surface area contributed by atoms with Crippen molar-refractivity contribution in [3.8, 4) is 0 Å². The van der Waals surface area contributed by atoms with Gasteiger partial charge in [0.15, 0.2) is 0 Å². The molecule has 211 valence electrons. The van der Waals surface area contributed by atoms with Gasteiger partial charge in [0.25, 0.3) is 0 Å². The summed E-state index contributed by atoms with van der Waals surface area (Å²) in [4.78, 5) is 22.1. The summed E-state index contributed by atoms with van der Waals surface area (Å²) < 4.78 is 0. The second kappa shape index (κ2) is 16.4. The molecular formula is C29H38N3O3ReS2-5. The number of hydrogen-bond acceptors (Lipinski definition) is 7. The van der Waals surface area contributed by atoms with Crippen molar-refractivity contribution in [2.45, 2.75) is 57.0 Å². The van der Waals surface area contributed by atoms with Crippen LogP contribution in [0.5, 0.6) is 0 Å². The Morgan fingerprint density at radius 1 is 1.11 bits per heavy atom. The fraction of sp³-hybridized carbons (Fsp3) is 0.586. The third kappa shape index (κ3) is 8.07. The summed E-state index contributed by atoms with van der Waals surface area (Å²) in [6.07, 6.45) is 4.85. The van der Waals surface area contributed by atoms with Crippen molar-refractivity contribution in [3.05, 3.63) is 48.0 Å². The topological polar surface area (TPSA) is 87.5 Å². The summed E-state index contributed by atoms with van der Waals surface area (Å²) in [5, 5.41) is 14.6. The Hall–Kier alpha value is -0.918. The quantitative estimate of drug-likeness (QED) is 0.179. The largest absolute Gasteiger partial charge is 2.00 e. The van der Waals surface area contributed by atoms with Crippen molar-refractivity contribution in [1.82, 2.24) is 9.80 Å². The first-order valence-electron chi connectivity index (χ1n) is 13.4. The fourth-order valence-electron chi connectivity index (χ4n) is 6.41. The molecule has 0 aromatic heterocycles. The van der Waals surface area contributed by atoms with Crippen molar-refractivity contribution >= 4 is 47.7 Å². The molecule has 6 nitrogen and oxygen atoms in total. The second-order valence-corrected chi connectivity index (χ2v) is 11.0. The van der Waals surface area contributed by atoms with Crippen LogP contribution in [0.2, 0.25) is 0 Å². The monoisotopic (exact) mass is 727 g/mol. The first-order chi connectivity index (χ1) is 17.5. The third-order valence-electron chi connectivity index (χ3n) is 8.02. The van der Waals surface area contributed by atoms with E-state index < -0.39 is 0 Å². The number of Topliss-reactive ketones (excluding diaryl/α,β-unsaturated/α-hetero) is 1. The summed E-state index contributed by atoms with van der Waals surface area (Å²) in [5.74, 6) is 1.71. The predicted octanol–water partition coefficient (Wildman–Crippen LogP) is 3.18. The molecule has 0 spiro atoms. The minimum atomic E-state index is -0.104. The van der Waals surface area contributed by atoms with E-state index >= 15 is 0 Å². The number of carbonyl (C=O) groups excluding carboxylic acids is 1. The number of benzene rings is 2. The van der Waals surface area contributed by atoms with Crippen molar-refractivity contribution in [3.63, 3.8) is 0 Å². The molecule has 2 aromatic rings. The van der Waals surface area contributed by atoms with Gasteiger partial charge in [-0.3, -0.25) is 9.69 Å². The summed E-state index contributed by atoms with van der Waals surface area (Å²) in [6, 6.07) is 16.1. The van der Waals surface area contributed by atoms with Gasteiger partial charge >= 0.3 is 0 Å². The van der Waals surface area contributed by atoms with Gasteiger partial charge in [-0.05, 0) is 73.5 Å². The van der Waals surface area contributed by atoms with Gasteiger partial charge in [-0.15, -0.1) is 0 Å². The Morgan fingerprint density at radius 3 is 2.58 bits per heavy atom. The molecule has 0 amide bonds. The molecule has 2 aliphatic heterocycles. The minimum Gasteiger partial charge on any atom is -2.00 e. The zero-order valence-electron chi connectivity index (χ0n) is 22.1. The molecule has 9 heteroatoms. The van der Waals surface area contributed by atoms with Gasteiger partial charge in [0.2, 0.25) is 0 Å². The van der Waals surface area contributed by atoms with E-state index in [0.717, 1.165) is 45.3 Å². The first kappa shape index (κ1) is 33.3. The van der Waals surface area contributed by atoms with Crippen molar-refractivity contribution in [2.24, 2.45) is 10.9 Å². The molecular weight excluding hydrogens is 689 g/mol. The molecule has 0 N–H and O–H groups in total. The van der Waals surface area contributed by atoms with Crippen molar-refractivity contribution in [1.29, 1.82) is 0 Å². The van der Waals surface area contributed by atoms with Crippen molar-refractivity contribution < 1.29 is 35.8 Å². The molecule has 38 heavy (non-hydrogen) atoms. The van der Waals surface area contributed by atoms with E-state index in [4.69, 9.17) is 25.3 Å². The normalized spacial score (nSPS) is 23.3. The van der Waals surface area contributed by atoms with Gasteiger partial charge in [-0.2, -0.15) is 11.5 Å². The van der Waals surface area contributed by atoms with Crippen LogP contribution in [0.4, 0.5) is 0 Å². The predicted molar refractivity (Wildman–Crippen MR) is 152 cm³/mol. The van der Waals surface area contributed by atoms with E-state index in [9.17, 15) is 9.90 Å². The van der Waals surface area contributed by atoms with Gasteiger partial charge < -0.3 is 45.7 Å². The molecule has 2 saturated heterocycles. The van der Waals surface area contributed by atoms with Crippen LogP contribution in [-0.4, -0.2) is 77.8 Å². The molecule has 1 radical (unpaired) electrons. The molecule has 0 saturated carbocycles. The number of fused-ring (bicyclic) bond motifs is 3. The Bertz CT molecular complexity index is 1060. The van der Waals surface area contributed by atoms with Crippen LogP contribution in [0.25, 0.3) is 10.8 Å². The summed E-state index contributed by atoms with van der Waals surface area (Å²) in [7, 11) is 0. The van der Waals surface area contributed by atoms with Gasteiger partial charge in [0, 0.05) is 57.9 Å². The van der Waals surface area contributed by atoms with Gasteiger partial charge in [0.1, 0.15) is 5.78 Å². The van der Waals surface area contributed by atoms with Crippen molar-refractivity contribution in [2.75, 3.05) is 44.2 Å². The minimum absolute atomic E-state index is 0. The molecule has 2 aliphatic rings. The molecule has 2 bridgehead atoms. The molecule has 2 aromatic carbocycles. The summed E-state index contributed by atoms with van der Waals surface area (Å²) in [6.45, 7) is 5.24. The molecule has 0 aliphatic carbocycles. The SMILES string of the molecule is CCC(=O)[C@@H]1[C@H]2CCC(C[C@H]1c1ccc3ccccc3c1)N2CCCN(CC[S-])CC([O-])=NCC[S-].[O-2].[Re]. The number of nitrogens with zero attached hydrogens (tertiary/aromatic N) is 3. The fourth-order valence-corrected chi connectivity index (χ4v) is 6.75. The maximum absolute atomic E-state index is 13.3. The number of rotatable bonds is 13. The van der Waals surface area contributed by atoms with Crippen LogP contribution >= 0.6 is 0 Å². The Kier molecular flexibility index (Phi) is 14.3. The van der Waals surface area contributed by atoms with Crippen LogP contribution in [0.1, 0.15) is 50.5 Å². The smallest absolute Gasteiger partial charge is 0.137 e. The third-order valence-corrected chi connectivity index (χ3v) is 8.39. The van der Waals surface area contributed by atoms with E-state index in [1.165, 1.54) is 16.3 Å². The first-order valence-corrected chi connectivity index (χ1v) is 14.6. The average Bonchev–Trinajstić information content (AvgIpc) is 3.17. The number of hydrogen-bond donors (Lipinski definition) is 0. The van der Waals surface area contributed by atoms with Crippen LogP contribution in [-0.2, 0) is 56.0 Å². The second-order valence-electron chi connectivity index (χ2n) is 10.1. The van der Waals surface area contributed by atoms with E-state index in [2.05, 4.69) is 57.3 Å². The van der Waals surface area contributed by atoms with E-state index in [0.29, 0.717) is 48.9 Å². The standard InChI is InChI=1S/C29H41N3O2S2.O.Re/c1-2-27(33)29-25(23-9-8-21-6-3-4-7-22(21)18-23)19-24-10-11-26(29)32(24)14-5-13-31(15-17-36)20-28(34)30-12-16-35;;/h3-4,6-9,18,24-26,29,35-36H,2,5,10-17,19-20H2,1H3,(H,30,34);;/q;-2;/p-3/t24?,25-,26+,29-;;/m0../s1. The van der Waals surface area contributed by atoms with Gasteiger partial charge in [-0.1, -0.05) is 49.4 Å². The zero-order valence-corrected chi connectivity index (χ0v) is 26.4. The van der Waals surface area contributed by atoms with Crippen LogP contribution in [0.3, 0.4) is 0 Å². The average molecular weight is 727 g/mol. The Balaban J connectivity index is 0.00000253. The summed E-state index contributed by atoms with van der Waals surface area (Å²) in [5.41, 5.74) is 1.31. The number of carbonyl (C=O) groups is 1. The molecule has 4 rings (SSSR count).